The Morgan fingerprint density at radius 3 is 2.96 bits per heavy atom. The normalized spacial score (nSPS) is 9.96. The van der Waals surface area contributed by atoms with E-state index in [1.165, 1.54) is 11.3 Å². The summed E-state index contributed by atoms with van der Waals surface area (Å²) in [5.74, 6) is 0.0418. The molecule has 6 nitrogen and oxygen atoms in total. The number of para-hydroxylation sites is 1. The van der Waals surface area contributed by atoms with E-state index >= 15 is 0 Å². The minimum atomic E-state index is -0.338. The van der Waals surface area contributed by atoms with Crippen LogP contribution in [0.4, 0.5) is 5.13 Å². The minimum absolute atomic E-state index is 0.194. The van der Waals surface area contributed by atoms with Crippen LogP contribution in [-0.2, 0) is 4.79 Å². The molecule has 24 heavy (non-hydrogen) atoms. The first-order valence-corrected chi connectivity index (χ1v) is 7.92. The number of carbonyl (C=O) groups excluding carboxylic acids is 1. The zero-order valence-electron chi connectivity index (χ0n) is 12.5. The highest BCUT2D eigenvalue weighted by Gasteiger charge is 2.10. The van der Waals surface area contributed by atoms with Crippen LogP contribution in [0.3, 0.4) is 0 Å². The van der Waals surface area contributed by atoms with Crippen molar-refractivity contribution in [2.45, 2.75) is 0 Å². The second-order valence-electron chi connectivity index (χ2n) is 4.72. The summed E-state index contributed by atoms with van der Waals surface area (Å²) in [6, 6.07) is 12.5. The number of nitriles is 1. The molecule has 118 valence electrons. The summed E-state index contributed by atoms with van der Waals surface area (Å²) >= 11 is 1.32. The molecule has 1 N–H and O–H groups in total. The molecule has 3 aromatic rings. The molecule has 1 aromatic carbocycles. The molecule has 7 heteroatoms. The molecule has 1 amide bonds. The lowest BCUT2D eigenvalue weighted by molar-refractivity contribution is -0.118. The van der Waals surface area contributed by atoms with Gasteiger partial charge in [0, 0.05) is 23.3 Å². The lowest BCUT2D eigenvalue weighted by Crippen LogP contribution is -2.20. The van der Waals surface area contributed by atoms with E-state index in [4.69, 9.17) is 10.00 Å². The number of ether oxygens (including phenoxy) is 1. The zero-order valence-corrected chi connectivity index (χ0v) is 13.3. The Labute approximate surface area is 142 Å². The number of amides is 1. The maximum Gasteiger partial charge on any atom is 0.264 e. The summed E-state index contributed by atoms with van der Waals surface area (Å²) in [6.07, 6.45) is 3.40. The topological polar surface area (TPSA) is 87.9 Å². The lowest BCUT2D eigenvalue weighted by atomic mass is 10.2. The van der Waals surface area contributed by atoms with Crippen molar-refractivity contribution >= 4 is 22.4 Å². The second kappa shape index (κ2) is 7.35. The minimum Gasteiger partial charge on any atom is -0.482 e. The molecular weight excluding hydrogens is 324 g/mol. The molecule has 0 radical (unpaired) electrons. The maximum absolute atomic E-state index is 12.0. The van der Waals surface area contributed by atoms with E-state index in [1.54, 1.807) is 36.7 Å². The quantitative estimate of drug-likeness (QED) is 0.773. The van der Waals surface area contributed by atoms with E-state index in [0.717, 1.165) is 11.3 Å². The van der Waals surface area contributed by atoms with Crippen molar-refractivity contribution in [3.8, 4) is 23.1 Å². The van der Waals surface area contributed by atoms with Crippen molar-refractivity contribution in [2.24, 2.45) is 0 Å². The van der Waals surface area contributed by atoms with Crippen molar-refractivity contribution in [3.05, 3.63) is 59.7 Å². The van der Waals surface area contributed by atoms with Crippen LogP contribution in [0, 0.1) is 11.3 Å². The number of carbonyl (C=O) groups is 1. The van der Waals surface area contributed by atoms with Crippen LogP contribution in [0.25, 0.3) is 11.3 Å². The number of anilines is 1. The summed E-state index contributed by atoms with van der Waals surface area (Å²) in [6.45, 7) is -0.194. The van der Waals surface area contributed by atoms with Gasteiger partial charge in [-0.25, -0.2) is 4.98 Å². The molecule has 2 aromatic heterocycles. The largest absolute Gasteiger partial charge is 0.482 e. The lowest BCUT2D eigenvalue weighted by Gasteiger charge is -2.06. The first kappa shape index (κ1) is 15.6. The van der Waals surface area contributed by atoms with Crippen LogP contribution >= 0.6 is 11.3 Å². The summed E-state index contributed by atoms with van der Waals surface area (Å²) in [5, 5.41) is 14.0. The van der Waals surface area contributed by atoms with Crippen molar-refractivity contribution in [1.29, 1.82) is 5.26 Å². The third-order valence-electron chi connectivity index (χ3n) is 3.07. The molecule has 0 aliphatic rings. The molecule has 2 heterocycles. The Hall–Kier alpha value is -3.24. The number of nitrogens with one attached hydrogen (secondary N) is 1. The van der Waals surface area contributed by atoms with Crippen LogP contribution < -0.4 is 10.1 Å². The monoisotopic (exact) mass is 336 g/mol. The van der Waals surface area contributed by atoms with E-state index in [2.05, 4.69) is 15.3 Å². The van der Waals surface area contributed by atoms with Gasteiger partial charge >= 0.3 is 0 Å². The Morgan fingerprint density at radius 2 is 2.17 bits per heavy atom. The number of aromatic nitrogens is 2. The molecule has 0 spiro atoms. The first-order valence-electron chi connectivity index (χ1n) is 7.04. The van der Waals surface area contributed by atoms with Gasteiger partial charge in [-0.15, -0.1) is 11.3 Å². The molecule has 0 saturated carbocycles. The van der Waals surface area contributed by atoms with E-state index < -0.39 is 0 Å². The van der Waals surface area contributed by atoms with Crippen molar-refractivity contribution in [2.75, 3.05) is 11.9 Å². The zero-order chi connectivity index (χ0) is 16.8. The average molecular weight is 336 g/mol. The fraction of sp³-hybridized carbons (Fsp3) is 0.0588. The van der Waals surface area contributed by atoms with Gasteiger partial charge < -0.3 is 4.74 Å². The molecule has 0 aliphatic carbocycles. The van der Waals surface area contributed by atoms with Gasteiger partial charge in [-0.1, -0.05) is 12.1 Å². The van der Waals surface area contributed by atoms with Gasteiger partial charge in [-0.2, -0.15) is 5.26 Å². The Kier molecular flexibility index (Phi) is 4.79. The smallest absolute Gasteiger partial charge is 0.264 e. The first-order chi connectivity index (χ1) is 11.8. The number of hydrogen-bond acceptors (Lipinski definition) is 6. The SMILES string of the molecule is N#Cc1ccccc1OCC(=O)Nc1nc(-c2cccnc2)cs1. The second-order valence-corrected chi connectivity index (χ2v) is 5.58. The van der Waals surface area contributed by atoms with Crippen LogP contribution in [-0.4, -0.2) is 22.5 Å². The third kappa shape index (κ3) is 3.74. The summed E-state index contributed by atoms with van der Waals surface area (Å²) in [7, 11) is 0. The average Bonchev–Trinajstić information content (AvgIpc) is 3.09. The van der Waals surface area contributed by atoms with Gasteiger partial charge in [0.25, 0.3) is 5.91 Å². The number of pyridine rings is 1. The number of thiazole rings is 1. The molecule has 0 atom stereocenters. The highest BCUT2D eigenvalue weighted by molar-refractivity contribution is 7.14. The van der Waals surface area contributed by atoms with Gasteiger partial charge in [0.15, 0.2) is 11.7 Å². The molecule has 0 saturated heterocycles. The Balaban J connectivity index is 1.60. The predicted molar refractivity (Wildman–Crippen MR) is 90.6 cm³/mol. The number of hydrogen-bond donors (Lipinski definition) is 1. The van der Waals surface area contributed by atoms with Crippen LogP contribution in [0.1, 0.15) is 5.56 Å². The van der Waals surface area contributed by atoms with Gasteiger partial charge in [0.2, 0.25) is 0 Å². The Bertz CT molecular complexity index is 887. The van der Waals surface area contributed by atoms with E-state index in [1.807, 2.05) is 23.6 Å². The summed E-state index contributed by atoms with van der Waals surface area (Å²) in [5.41, 5.74) is 2.02. The van der Waals surface area contributed by atoms with Gasteiger partial charge in [-0.3, -0.25) is 15.1 Å². The van der Waals surface area contributed by atoms with E-state index in [9.17, 15) is 4.79 Å². The van der Waals surface area contributed by atoms with Crippen molar-refractivity contribution < 1.29 is 9.53 Å². The third-order valence-corrected chi connectivity index (χ3v) is 3.83. The maximum atomic E-state index is 12.0. The molecule has 0 unspecified atom stereocenters. The van der Waals surface area contributed by atoms with Gasteiger partial charge in [0.1, 0.15) is 11.8 Å². The van der Waals surface area contributed by atoms with Crippen molar-refractivity contribution in [3.63, 3.8) is 0 Å². The molecule has 3 rings (SSSR count). The molecule has 0 fully saturated rings. The summed E-state index contributed by atoms with van der Waals surface area (Å²) < 4.78 is 5.39. The van der Waals surface area contributed by atoms with Gasteiger partial charge in [-0.05, 0) is 24.3 Å². The molecule has 0 aliphatic heterocycles. The highest BCUT2D eigenvalue weighted by Crippen LogP contribution is 2.24. The van der Waals surface area contributed by atoms with E-state index in [0.29, 0.717) is 16.4 Å². The van der Waals surface area contributed by atoms with Crippen LogP contribution in [0.2, 0.25) is 0 Å². The Morgan fingerprint density at radius 1 is 1.29 bits per heavy atom. The molecular formula is C17H12N4O2S. The van der Waals surface area contributed by atoms with E-state index in [-0.39, 0.29) is 12.5 Å². The number of rotatable bonds is 5. The standard InChI is InChI=1S/C17H12N4O2S/c18-8-12-4-1-2-6-15(12)23-10-16(22)21-17-20-14(11-24-17)13-5-3-7-19-9-13/h1-7,9,11H,10H2,(H,20,21,22). The fourth-order valence-electron chi connectivity index (χ4n) is 1.96. The van der Waals surface area contributed by atoms with Crippen molar-refractivity contribution in [1.82, 2.24) is 9.97 Å². The van der Waals surface area contributed by atoms with Crippen LogP contribution in [0.15, 0.2) is 54.2 Å². The van der Waals surface area contributed by atoms with Gasteiger partial charge in [0.05, 0.1) is 11.3 Å². The number of nitrogens with zero attached hydrogens (tertiary/aromatic N) is 3. The fourth-order valence-corrected chi connectivity index (χ4v) is 2.70. The van der Waals surface area contributed by atoms with Crippen LogP contribution in [0.5, 0.6) is 5.75 Å². The highest BCUT2D eigenvalue weighted by atomic mass is 32.1. The summed E-state index contributed by atoms with van der Waals surface area (Å²) in [4.78, 5) is 20.4. The predicted octanol–water partition coefficient (Wildman–Crippen LogP) is 3.09. The number of benzene rings is 1. The molecule has 0 bridgehead atoms.